The van der Waals surface area contributed by atoms with Crippen LogP contribution in [0.5, 0.6) is 12.0 Å². The second kappa shape index (κ2) is 7.39. The van der Waals surface area contributed by atoms with Crippen LogP contribution in [-0.4, -0.2) is 28.2 Å². The van der Waals surface area contributed by atoms with E-state index in [1.165, 1.54) is 0 Å². The van der Waals surface area contributed by atoms with E-state index in [1.54, 1.807) is 0 Å². The van der Waals surface area contributed by atoms with Gasteiger partial charge in [-0.05, 0) is 13.3 Å². The van der Waals surface area contributed by atoms with E-state index in [1.807, 2.05) is 26.0 Å². The van der Waals surface area contributed by atoms with Crippen LogP contribution in [0.4, 0.5) is 5.95 Å². The van der Waals surface area contributed by atoms with Crippen molar-refractivity contribution in [3.8, 4) is 12.0 Å². The number of allylic oxidation sites excluding steroid dienone is 1. The van der Waals surface area contributed by atoms with Crippen LogP contribution < -0.4 is 20.7 Å². The van der Waals surface area contributed by atoms with Gasteiger partial charge in [0.05, 0.1) is 6.61 Å². The Morgan fingerprint density at radius 1 is 1.24 bits per heavy atom. The third kappa shape index (κ3) is 4.64. The van der Waals surface area contributed by atoms with E-state index < -0.39 is 0 Å². The van der Waals surface area contributed by atoms with Crippen LogP contribution in [0, 0.1) is 0 Å². The molecule has 0 aliphatic heterocycles. The smallest absolute Gasteiger partial charge is 0.324 e. The molecule has 1 heterocycles. The number of nitrogen functional groups attached to an aromatic ring is 1. The highest BCUT2D eigenvalue weighted by molar-refractivity contribution is 5.25. The Bertz CT molecular complexity index is 370. The molecular weight excluding hydrogens is 222 g/mol. The van der Waals surface area contributed by atoms with E-state index in [4.69, 9.17) is 15.3 Å². The Hall–Kier alpha value is -1.89. The maximum atomic E-state index is 5.29. The monoisotopic (exact) mass is 239 g/mol. The Labute approximate surface area is 100 Å². The first-order valence-electron chi connectivity index (χ1n) is 5.39. The SMILES string of the molecule is C/C=C/COc1nc(NN)nc(OCCC)n1. The molecule has 0 atom stereocenters. The molecule has 0 aliphatic rings. The van der Waals surface area contributed by atoms with Crippen LogP contribution in [0.3, 0.4) is 0 Å². The normalized spacial score (nSPS) is 10.5. The minimum atomic E-state index is 0.178. The van der Waals surface area contributed by atoms with Crippen LogP contribution in [-0.2, 0) is 0 Å². The van der Waals surface area contributed by atoms with Crippen molar-refractivity contribution in [2.75, 3.05) is 18.6 Å². The molecule has 0 unspecified atom stereocenters. The fourth-order valence-electron chi connectivity index (χ4n) is 0.944. The average Bonchev–Trinajstić information content (AvgIpc) is 2.36. The molecule has 7 heteroatoms. The molecule has 0 saturated heterocycles. The molecule has 17 heavy (non-hydrogen) atoms. The van der Waals surface area contributed by atoms with Crippen LogP contribution in [0.2, 0.25) is 0 Å². The summed E-state index contributed by atoms with van der Waals surface area (Å²) >= 11 is 0. The summed E-state index contributed by atoms with van der Waals surface area (Å²) < 4.78 is 10.6. The zero-order chi connectivity index (χ0) is 12.5. The topological polar surface area (TPSA) is 95.2 Å². The highest BCUT2D eigenvalue weighted by atomic mass is 16.5. The molecule has 0 amide bonds. The summed E-state index contributed by atoms with van der Waals surface area (Å²) in [4.78, 5) is 11.9. The van der Waals surface area contributed by atoms with Crippen molar-refractivity contribution in [2.45, 2.75) is 20.3 Å². The van der Waals surface area contributed by atoms with Gasteiger partial charge in [-0.3, -0.25) is 5.43 Å². The van der Waals surface area contributed by atoms with Gasteiger partial charge in [0, 0.05) is 0 Å². The lowest BCUT2D eigenvalue weighted by molar-refractivity contribution is 0.275. The molecular formula is C10H17N5O2. The lowest BCUT2D eigenvalue weighted by Gasteiger charge is -2.07. The van der Waals surface area contributed by atoms with Gasteiger partial charge in [-0.1, -0.05) is 19.1 Å². The van der Waals surface area contributed by atoms with Crippen LogP contribution in [0.25, 0.3) is 0 Å². The minimum Gasteiger partial charge on any atom is -0.463 e. The first kappa shape index (κ1) is 13.2. The maximum absolute atomic E-state index is 5.29. The second-order valence-electron chi connectivity index (χ2n) is 3.10. The van der Waals surface area contributed by atoms with Gasteiger partial charge >= 0.3 is 12.0 Å². The summed E-state index contributed by atoms with van der Waals surface area (Å²) in [7, 11) is 0. The van der Waals surface area contributed by atoms with Crippen molar-refractivity contribution >= 4 is 5.95 Å². The number of aromatic nitrogens is 3. The molecule has 1 aromatic rings. The largest absolute Gasteiger partial charge is 0.463 e. The molecule has 7 nitrogen and oxygen atoms in total. The van der Waals surface area contributed by atoms with Gasteiger partial charge < -0.3 is 9.47 Å². The Kier molecular flexibility index (Phi) is 5.73. The maximum Gasteiger partial charge on any atom is 0.324 e. The molecule has 3 N–H and O–H groups in total. The predicted molar refractivity (Wildman–Crippen MR) is 63.7 cm³/mol. The summed E-state index contributed by atoms with van der Waals surface area (Å²) in [6, 6.07) is 0.377. The average molecular weight is 239 g/mol. The highest BCUT2D eigenvalue weighted by Crippen LogP contribution is 2.12. The van der Waals surface area contributed by atoms with Gasteiger partial charge in [0.25, 0.3) is 0 Å². The summed E-state index contributed by atoms with van der Waals surface area (Å²) in [5.41, 5.74) is 2.33. The standard InChI is InChI=1S/C10H17N5O2/c1-3-5-7-17-10-13-8(15-11)12-9(14-10)16-6-4-2/h3,5H,4,6-7,11H2,1-2H3,(H,12,13,14,15)/b5-3+. The molecule has 0 fully saturated rings. The number of nitrogens with zero attached hydrogens (tertiary/aromatic N) is 3. The molecule has 0 bridgehead atoms. The zero-order valence-electron chi connectivity index (χ0n) is 10.0. The quantitative estimate of drug-likeness (QED) is 0.414. The van der Waals surface area contributed by atoms with Crippen molar-refractivity contribution in [3.63, 3.8) is 0 Å². The lowest BCUT2D eigenvalue weighted by Crippen LogP contribution is -2.13. The van der Waals surface area contributed by atoms with Crippen molar-refractivity contribution in [1.29, 1.82) is 0 Å². The van der Waals surface area contributed by atoms with Gasteiger partial charge in [0.15, 0.2) is 0 Å². The zero-order valence-corrected chi connectivity index (χ0v) is 10.0. The minimum absolute atomic E-state index is 0.178. The Morgan fingerprint density at radius 3 is 2.53 bits per heavy atom. The number of hydrogen-bond acceptors (Lipinski definition) is 7. The van der Waals surface area contributed by atoms with E-state index in [-0.39, 0.29) is 18.0 Å². The van der Waals surface area contributed by atoms with Crippen molar-refractivity contribution in [2.24, 2.45) is 5.84 Å². The summed E-state index contributed by atoms with van der Waals surface area (Å²) in [6.07, 6.45) is 4.58. The highest BCUT2D eigenvalue weighted by Gasteiger charge is 2.07. The van der Waals surface area contributed by atoms with Crippen LogP contribution in [0.1, 0.15) is 20.3 Å². The van der Waals surface area contributed by atoms with Gasteiger partial charge in [-0.25, -0.2) is 5.84 Å². The first-order valence-corrected chi connectivity index (χ1v) is 5.39. The number of hydrazine groups is 1. The Morgan fingerprint density at radius 2 is 1.94 bits per heavy atom. The number of rotatable bonds is 7. The number of hydrogen-bond donors (Lipinski definition) is 2. The van der Waals surface area contributed by atoms with Crippen LogP contribution >= 0.6 is 0 Å². The summed E-state index contributed by atoms with van der Waals surface area (Å²) in [5, 5.41) is 0. The third-order valence-electron chi connectivity index (χ3n) is 1.70. The van der Waals surface area contributed by atoms with Crippen molar-refractivity contribution in [1.82, 2.24) is 15.0 Å². The fourth-order valence-corrected chi connectivity index (χ4v) is 0.944. The van der Waals surface area contributed by atoms with E-state index in [0.29, 0.717) is 13.2 Å². The number of ether oxygens (including phenoxy) is 2. The van der Waals surface area contributed by atoms with Gasteiger partial charge in [0.1, 0.15) is 6.61 Å². The molecule has 0 saturated carbocycles. The summed E-state index contributed by atoms with van der Waals surface area (Å²) in [5.74, 6) is 5.45. The first-order chi connectivity index (χ1) is 8.30. The van der Waals surface area contributed by atoms with Crippen LogP contribution in [0.15, 0.2) is 12.2 Å². The number of nitrogens with one attached hydrogen (secondary N) is 1. The van der Waals surface area contributed by atoms with Gasteiger partial charge in [0.2, 0.25) is 5.95 Å². The molecule has 1 rings (SSSR count). The summed E-state index contributed by atoms with van der Waals surface area (Å²) in [6.45, 7) is 4.81. The molecule has 0 aliphatic carbocycles. The fraction of sp³-hybridized carbons (Fsp3) is 0.500. The van der Waals surface area contributed by atoms with E-state index in [9.17, 15) is 0 Å². The van der Waals surface area contributed by atoms with E-state index >= 15 is 0 Å². The van der Waals surface area contributed by atoms with E-state index in [2.05, 4.69) is 20.4 Å². The van der Waals surface area contributed by atoms with Crippen molar-refractivity contribution in [3.05, 3.63) is 12.2 Å². The molecule has 1 aromatic heterocycles. The van der Waals surface area contributed by atoms with Crippen molar-refractivity contribution < 1.29 is 9.47 Å². The Balaban J connectivity index is 2.73. The molecule has 94 valence electrons. The third-order valence-corrected chi connectivity index (χ3v) is 1.70. The van der Waals surface area contributed by atoms with E-state index in [0.717, 1.165) is 6.42 Å². The second-order valence-corrected chi connectivity index (χ2v) is 3.10. The predicted octanol–water partition coefficient (Wildman–Crippen LogP) is 0.901. The molecule has 0 radical (unpaired) electrons. The molecule has 0 aromatic carbocycles. The van der Waals surface area contributed by atoms with Gasteiger partial charge in [-0.2, -0.15) is 9.97 Å². The number of nitrogens with two attached hydrogens (primary N) is 1. The number of anilines is 1. The van der Waals surface area contributed by atoms with Gasteiger partial charge in [-0.15, -0.1) is 4.98 Å². The molecule has 0 spiro atoms. The lowest BCUT2D eigenvalue weighted by atomic mass is 10.5.